The Morgan fingerprint density at radius 1 is 1.27 bits per heavy atom. The number of carbonyl (C=O) groups is 2. The lowest BCUT2D eigenvalue weighted by Gasteiger charge is -2.03. The van der Waals surface area contributed by atoms with Crippen LogP contribution in [0.3, 0.4) is 0 Å². The van der Waals surface area contributed by atoms with Crippen molar-refractivity contribution in [2.75, 3.05) is 13.6 Å². The van der Waals surface area contributed by atoms with Gasteiger partial charge in [0.1, 0.15) is 0 Å². The number of likely N-dealkylation sites (N-methyl/N-ethyl adjacent to an activating group) is 1. The molecule has 0 aliphatic carbocycles. The maximum absolute atomic E-state index is 11.4. The first-order chi connectivity index (χ1) is 7.13. The summed E-state index contributed by atoms with van der Waals surface area (Å²) < 4.78 is 0. The molecule has 2 amide bonds. The highest BCUT2D eigenvalue weighted by Crippen LogP contribution is 2.08. The quantitative estimate of drug-likeness (QED) is 0.802. The molecule has 4 nitrogen and oxygen atoms in total. The third-order valence-electron chi connectivity index (χ3n) is 1.79. The van der Waals surface area contributed by atoms with Gasteiger partial charge in [0.05, 0.1) is 6.54 Å². The van der Waals surface area contributed by atoms with Crippen molar-refractivity contribution < 1.29 is 9.59 Å². The maximum Gasteiger partial charge on any atom is 0.251 e. The van der Waals surface area contributed by atoms with E-state index in [0.717, 1.165) is 0 Å². The standard InChI is InChI=1S/C10H11ClN2O2/c1-12-9(14)6-13-10(15)7-2-4-8(11)5-3-7/h2-5H,6H2,1H3,(H,12,14)(H,13,15). The number of nitrogens with one attached hydrogen (secondary N) is 2. The number of halogens is 1. The Balaban J connectivity index is 2.54. The fraction of sp³-hybridized carbons (Fsp3) is 0.200. The monoisotopic (exact) mass is 226 g/mol. The fourth-order valence-electron chi connectivity index (χ4n) is 0.952. The van der Waals surface area contributed by atoms with E-state index in [1.165, 1.54) is 7.05 Å². The predicted octanol–water partition coefficient (Wildman–Crippen LogP) is 0.816. The smallest absolute Gasteiger partial charge is 0.251 e. The molecule has 1 aromatic carbocycles. The summed E-state index contributed by atoms with van der Waals surface area (Å²) in [6, 6.07) is 6.44. The zero-order chi connectivity index (χ0) is 11.3. The average Bonchev–Trinajstić information content (AvgIpc) is 2.26. The van der Waals surface area contributed by atoms with Crippen LogP contribution in [-0.2, 0) is 4.79 Å². The topological polar surface area (TPSA) is 58.2 Å². The van der Waals surface area contributed by atoms with E-state index in [1.54, 1.807) is 24.3 Å². The number of benzene rings is 1. The molecule has 0 atom stereocenters. The molecule has 0 bridgehead atoms. The first-order valence-electron chi connectivity index (χ1n) is 4.38. The van der Waals surface area contributed by atoms with Crippen LogP contribution in [0.4, 0.5) is 0 Å². The van der Waals surface area contributed by atoms with Gasteiger partial charge in [0.2, 0.25) is 5.91 Å². The predicted molar refractivity (Wildman–Crippen MR) is 57.9 cm³/mol. The van der Waals surface area contributed by atoms with Gasteiger partial charge in [0.25, 0.3) is 5.91 Å². The fourth-order valence-corrected chi connectivity index (χ4v) is 1.08. The summed E-state index contributed by atoms with van der Waals surface area (Å²) in [6.45, 7) is -0.0298. The maximum atomic E-state index is 11.4. The van der Waals surface area contributed by atoms with Crippen molar-refractivity contribution in [1.29, 1.82) is 0 Å². The molecular weight excluding hydrogens is 216 g/mol. The Bertz CT molecular complexity index is 362. The van der Waals surface area contributed by atoms with Crippen LogP contribution in [0.15, 0.2) is 24.3 Å². The molecule has 1 aromatic rings. The summed E-state index contributed by atoms with van der Waals surface area (Å²) in [6.07, 6.45) is 0. The lowest BCUT2D eigenvalue weighted by Crippen LogP contribution is -2.35. The van der Waals surface area contributed by atoms with E-state index >= 15 is 0 Å². The number of hydrogen-bond acceptors (Lipinski definition) is 2. The van der Waals surface area contributed by atoms with Gasteiger partial charge in [-0.15, -0.1) is 0 Å². The second kappa shape index (κ2) is 5.36. The third kappa shape index (κ3) is 3.59. The Morgan fingerprint density at radius 3 is 2.40 bits per heavy atom. The second-order valence-electron chi connectivity index (χ2n) is 2.86. The molecule has 0 aliphatic heterocycles. The van der Waals surface area contributed by atoms with Gasteiger partial charge >= 0.3 is 0 Å². The molecule has 0 radical (unpaired) electrons. The zero-order valence-electron chi connectivity index (χ0n) is 8.21. The minimum absolute atomic E-state index is 0.0298. The molecule has 1 rings (SSSR count). The molecule has 2 N–H and O–H groups in total. The highest BCUT2D eigenvalue weighted by atomic mass is 35.5. The molecule has 0 saturated carbocycles. The highest BCUT2D eigenvalue weighted by molar-refractivity contribution is 6.30. The summed E-state index contributed by atoms with van der Waals surface area (Å²) in [7, 11) is 1.51. The first-order valence-corrected chi connectivity index (χ1v) is 4.75. The lowest BCUT2D eigenvalue weighted by molar-refractivity contribution is -0.119. The van der Waals surface area contributed by atoms with Gasteiger partial charge in [0.15, 0.2) is 0 Å². The molecule has 0 fully saturated rings. The van der Waals surface area contributed by atoms with Crippen molar-refractivity contribution >= 4 is 23.4 Å². The second-order valence-corrected chi connectivity index (χ2v) is 3.30. The number of rotatable bonds is 3. The number of hydrogen-bond donors (Lipinski definition) is 2. The van der Waals surface area contributed by atoms with Crippen molar-refractivity contribution in [3.05, 3.63) is 34.9 Å². The number of carbonyl (C=O) groups excluding carboxylic acids is 2. The molecule has 0 heterocycles. The molecule has 15 heavy (non-hydrogen) atoms. The van der Waals surface area contributed by atoms with E-state index in [2.05, 4.69) is 10.6 Å². The van der Waals surface area contributed by atoms with E-state index in [-0.39, 0.29) is 18.4 Å². The summed E-state index contributed by atoms with van der Waals surface area (Å²) in [4.78, 5) is 22.3. The van der Waals surface area contributed by atoms with E-state index in [9.17, 15) is 9.59 Å². The normalized spacial score (nSPS) is 9.47. The Labute approximate surface area is 92.6 Å². The van der Waals surface area contributed by atoms with Crippen molar-refractivity contribution in [3.63, 3.8) is 0 Å². The average molecular weight is 227 g/mol. The third-order valence-corrected chi connectivity index (χ3v) is 2.05. The molecular formula is C10H11ClN2O2. The Kier molecular flexibility index (Phi) is 4.12. The minimum atomic E-state index is -0.296. The lowest BCUT2D eigenvalue weighted by atomic mass is 10.2. The van der Waals surface area contributed by atoms with E-state index in [4.69, 9.17) is 11.6 Å². The van der Waals surface area contributed by atoms with Crippen molar-refractivity contribution in [2.24, 2.45) is 0 Å². The van der Waals surface area contributed by atoms with E-state index in [0.29, 0.717) is 10.6 Å². The largest absolute Gasteiger partial charge is 0.358 e. The van der Waals surface area contributed by atoms with Gasteiger partial charge in [-0.25, -0.2) is 0 Å². The van der Waals surface area contributed by atoms with Gasteiger partial charge in [0, 0.05) is 17.6 Å². The van der Waals surface area contributed by atoms with Crippen molar-refractivity contribution in [3.8, 4) is 0 Å². The van der Waals surface area contributed by atoms with Crippen LogP contribution in [0.5, 0.6) is 0 Å². The van der Waals surface area contributed by atoms with Gasteiger partial charge in [-0.1, -0.05) is 11.6 Å². The zero-order valence-corrected chi connectivity index (χ0v) is 8.97. The minimum Gasteiger partial charge on any atom is -0.358 e. The van der Waals surface area contributed by atoms with Crippen LogP contribution in [0.25, 0.3) is 0 Å². The highest BCUT2D eigenvalue weighted by Gasteiger charge is 2.06. The van der Waals surface area contributed by atoms with E-state index < -0.39 is 0 Å². The van der Waals surface area contributed by atoms with Crippen LogP contribution in [0, 0.1) is 0 Å². The van der Waals surface area contributed by atoms with Crippen molar-refractivity contribution in [1.82, 2.24) is 10.6 Å². The SMILES string of the molecule is CNC(=O)CNC(=O)c1ccc(Cl)cc1. The Morgan fingerprint density at radius 2 is 1.87 bits per heavy atom. The Hall–Kier alpha value is -1.55. The molecule has 80 valence electrons. The molecule has 0 aliphatic rings. The van der Waals surface area contributed by atoms with Gasteiger partial charge < -0.3 is 10.6 Å². The number of amides is 2. The van der Waals surface area contributed by atoms with Crippen LogP contribution < -0.4 is 10.6 Å². The van der Waals surface area contributed by atoms with Crippen molar-refractivity contribution in [2.45, 2.75) is 0 Å². The molecule has 0 aromatic heterocycles. The summed E-state index contributed by atoms with van der Waals surface area (Å²) in [5, 5.41) is 5.45. The van der Waals surface area contributed by atoms with E-state index in [1.807, 2.05) is 0 Å². The van der Waals surface area contributed by atoms with Gasteiger partial charge in [-0.3, -0.25) is 9.59 Å². The van der Waals surface area contributed by atoms with Gasteiger partial charge in [-0.2, -0.15) is 0 Å². The molecule has 5 heteroatoms. The molecule has 0 spiro atoms. The summed E-state index contributed by atoms with van der Waals surface area (Å²) in [5.41, 5.74) is 0.475. The molecule has 0 unspecified atom stereocenters. The summed E-state index contributed by atoms with van der Waals surface area (Å²) in [5.74, 6) is -0.535. The van der Waals surface area contributed by atoms with Crippen LogP contribution >= 0.6 is 11.6 Å². The van der Waals surface area contributed by atoms with Crippen LogP contribution in [-0.4, -0.2) is 25.4 Å². The van der Waals surface area contributed by atoms with Crippen LogP contribution in [0.2, 0.25) is 5.02 Å². The van der Waals surface area contributed by atoms with Crippen LogP contribution in [0.1, 0.15) is 10.4 Å². The van der Waals surface area contributed by atoms with Gasteiger partial charge in [-0.05, 0) is 24.3 Å². The molecule has 0 saturated heterocycles. The first kappa shape index (κ1) is 11.5. The summed E-state index contributed by atoms with van der Waals surface area (Å²) >= 11 is 5.67.